The molecule has 0 aromatic carbocycles. The summed E-state index contributed by atoms with van der Waals surface area (Å²) in [7, 11) is 1.49. The van der Waals surface area contributed by atoms with Crippen LogP contribution in [0.5, 0.6) is 0 Å². The molecule has 1 aliphatic carbocycles. The van der Waals surface area contributed by atoms with Crippen LogP contribution in [0.4, 0.5) is 8.78 Å². The van der Waals surface area contributed by atoms with Crippen molar-refractivity contribution in [3.63, 3.8) is 0 Å². The summed E-state index contributed by atoms with van der Waals surface area (Å²) in [4.78, 5) is 35.8. The van der Waals surface area contributed by atoms with Crippen molar-refractivity contribution in [1.82, 2.24) is 0 Å². The Kier molecular flexibility index (Phi) is 14.4. The third kappa shape index (κ3) is 11.6. The molecule has 0 saturated heterocycles. The van der Waals surface area contributed by atoms with Gasteiger partial charge in [-0.3, -0.25) is 14.4 Å². The Morgan fingerprint density at radius 1 is 1.09 bits per heavy atom. The van der Waals surface area contributed by atoms with Crippen molar-refractivity contribution >= 4 is 17.5 Å². The van der Waals surface area contributed by atoms with Crippen LogP contribution >= 0.6 is 0 Å². The highest BCUT2D eigenvalue weighted by Gasteiger charge is 2.41. The van der Waals surface area contributed by atoms with Crippen LogP contribution in [-0.2, 0) is 23.9 Å². The fourth-order valence-corrected chi connectivity index (χ4v) is 4.29. The lowest BCUT2D eigenvalue weighted by molar-refractivity contribution is -0.147. The van der Waals surface area contributed by atoms with Gasteiger partial charge in [0, 0.05) is 44.8 Å². The van der Waals surface area contributed by atoms with Gasteiger partial charge in [0.1, 0.15) is 5.78 Å². The minimum absolute atomic E-state index is 0.00620. The highest BCUT2D eigenvalue weighted by Crippen LogP contribution is 2.35. The third-order valence-electron chi connectivity index (χ3n) is 6.17. The topological polar surface area (TPSA) is 89.9 Å². The number of ether oxygens (including phenoxy) is 2. The van der Waals surface area contributed by atoms with Crippen molar-refractivity contribution < 1.29 is 37.7 Å². The first kappa shape index (κ1) is 30.4. The zero-order chi connectivity index (χ0) is 25.6. The standard InChI is InChI=1S/C26H42F2O6/c1-19(2)34-25(32)13-9-7-5-4-6-8-12-20-21(23(30)18-22(20)29)14-15-24(31)26(27,28)16-10-11-17-33-3/h14-15,19-21,23,30H,4-13,16-18H2,1-3H3/t20-,21-,23-/m1/s1. The minimum Gasteiger partial charge on any atom is -0.463 e. The van der Waals surface area contributed by atoms with Gasteiger partial charge in [-0.2, -0.15) is 8.78 Å². The van der Waals surface area contributed by atoms with E-state index in [4.69, 9.17) is 9.47 Å². The Balaban J connectivity index is 2.38. The molecule has 1 aliphatic rings. The van der Waals surface area contributed by atoms with E-state index in [1.807, 2.05) is 13.8 Å². The second-order valence-electron chi connectivity index (χ2n) is 9.50. The molecule has 0 heterocycles. The summed E-state index contributed by atoms with van der Waals surface area (Å²) < 4.78 is 38.1. The van der Waals surface area contributed by atoms with E-state index in [9.17, 15) is 28.3 Å². The number of aliphatic hydroxyl groups excluding tert-OH is 1. The van der Waals surface area contributed by atoms with Gasteiger partial charge < -0.3 is 14.6 Å². The highest BCUT2D eigenvalue weighted by atomic mass is 19.3. The first-order valence-electron chi connectivity index (χ1n) is 12.6. The molecule has 8 heteroatoms. The number of unbranched alkanes of at least 4 members (excludes halogenated alkanes) is 6. The number of alkyl halides is 2. The molecule has 1 saturated carbocycles. The number of Topliss-reactive ketones (excluding diaryl/α,β-unsaturated/α-hetero) is 1. The first-order chi connectivity index (χ1) is 16.1. The Labute approximate surface area is 202 Å². The number of esters is 1. The van der Waals surface area contributed by atoms with Crippen LogP contribution in [0, 0.1) is 11.8 Å². The quantitative estimate of drug-likeness (QED) is 0.162. The molecular weight excluding hydrogens is 446 g/mol. The molecule has 34 heavy (non-hydrogen) atoms. The predicted molar refractivity (Wildman–Crippen MR) is 126 cm³/mol. The number of hydrogen-bond acceptors (Lipinski definition) is 6. The second kappa shape index (κ2) is 16.1. The molecule has 196 valence electrons. The van der Waals surface area contributed by atoms with E-state index < -0.39 is 36.1 Å². The van der Waals surface area contributed by atoms with Crippen LogP contribution < -0.4 is 0 Å². The number of rotatable bonds is 18. The van der Waals surface area contributed by atoms with Crippen molar-refractivity contribution in [2.45, 2.75) is 109 Å². The van der Waals surface area contributed by atoms with E-state index in [2.05, 4.69) is 0 Å². The van der Waals surface area contributed by atoms with E-state index in [-0.39, 0.29) is 30.7 Å². The summed E-state index contributed by atoms with van der Waals surface area (Å²) in [6.07, 6.45) is 7.54. The number of halogens is 2. The highest BCUT2D eigenvalue weighted by molar-refractivity contribution is 5.95. The Morgan fingerprint density at radius 2 is 1.74 bits per heavy atom. The van der Waals surface area contributed by atoms with Gasteiger partial charge in [0.25, 0.3) is 0 Å². The molecule has 0 spiro atoms. The maximum Gasteiger partial charge on any atom is 0.309 e. The molecule has 0 amide bonds. The molecule has 0 bridgehead atoms. The summed E-state index contributed by atoms with van der Waals surface area (Å²) in [5, 5.41) is 10.2. The van der Waals surface area contributed by atoms with Crippen LogP contribution in [0.2, 0.25) is 0 Å². The number of carbonyl (C=O) groups is 3. The molecular formula is C26H42F2O6. The van der Waals surface area contributed by atoms with E-state index in [0.29, 0.717) is 25.9 Å². The summed E-state index contributed by atoms with van der Waals surface area (Å²) in [6, 6.07) is 0. The number of allylic oxidation sites excluding steroid dienone is 1. The summed E-state index contributed by atoms with van der Waals surface area (Å²) in [6.45, 7) is 4.02. The minimum atomic E-state index is -3.46. The smallest absolute Gasteiger partial charge is 0.309 e. The maximum absolute atomic E-state index is 14.1. The number of hydrogen-bond donors (Lipinski definition) is 1. The number of methoxy groups -OCH3 is 1. The predicted octanol–water partition coefficient (Wildman–Crippen LogP) is 5.20. The normalized spacial score (nSPS) is 21.0. The van der Waals surface area contributed by atoms with Crippen LogP contribution in [0.3, 0.4) is 0 Å². The summed E-state index contributed by atoms with van der Waals surface area (Å²) in [5.41, 5.74) is 0. The Bertz CT molecular complexity index is 662. The lowest BCUT2D eigenvalue weighted by Gasteiger charge is -2.18. The van der Waals surface area contributed by atoms with E-state index in [1.165, 1.54) is 13.2 Å². The summed E-state index contributed by atoms with van der Waals surface area (Å²) >= 11 is 0. The van der Waals surface area contributed by atoms with Crippen LogP contribution in [0.25, 0.3) is 0 Å². The molecule has 0 aliphatic heterocycles. The van der Waals surface area contributed by atoms with Crippen LogP contribution in [0.15, 0.2) is 12.2 Å². The average molecular weight is 489 g/mol. The van der Waals surface area contributed by atoms with Gasteiger partial charge in [0.15, 0.2) is 0 Å². The molecule has 0 aromatic heterocycles. The fourth-order valence-electron chi connectivity index (χ4n) is 4.29. The molecule has 1 N–H and O–H groups in total. The molecule has 1 rings (SSSR count). The molecule has 3 atom stereocenters. The van der Waals surface area contributed by atoms with Gasteiger partial charge >= 0.3 is 11.9 Å². The monoisotopic (exact) mass is 488 g/mol. The number of ketones is 2. The molecule has 1 fully saturated rings. The van der Waals surface area contributed by atoms with Gasteiger partial charge in [-0.05, 0) is 45.6 Å². The molecule has 6 nitrogen and oxygen atoms in total. The van der Waals surface area contributed by atoms with Crippen molar-refractivity contribution in [3.05, 3.63) is 12.2 Å². The third-order valence-corrected chi connectivity index (χ3v) is 6.17. The molecule has 0 aromatic rings. The molecule has 0 unspecified atom stereocenters. The fraction of sp³-hybridized carbons (Fsp3) is 0.808. The van der Waals surface area contributed by atoms with Gasteiger partial charge in [0.2, 0.25) is 5.78 Å². The average Bonchev–Trinajstić information content (AvgIpc) is 3.02. The van der Waals surface area contributed by atoms with Crippen LogP contribution in [0.1, 0.15) is 90.9 Å². The van der Waals surface area contributed by atoms with Gasteiger partial charge in [-0.15, -0.1) is 0 Å². The van der Waals surface area contributed by atoms with Gasteiger partial charge in [-0.1, -0.05) is 38.2 Å². The van der Waals surface area contributed by atoms with Crippen molar-refractivity contribution in [2.24, 2.45) is 11.8 Å². The van der Waals surface area contributed by atoms with E-state index in [0.717, 1.165) is 44.6 Å². The number of carbonyl (C=O) groups excluding carboxylic acids is 3. The van der Waals surface area contributed by atoms with Gasteiger partial charge in [-0.25, -0.2) is 0 Å². The van der Waals surface area contributed by atoms with E-state index in [1.54, 1.807) is 0 Å². The van der Waals surface area contributed by atoms with Crippen molar-refractivity contribution in [2.75, 3.05) is 13.7 Å². The Hall–Kier alpha value is -1.67. The largest absolute Gasteiger partial charge is 0.463 e. The zero-order valence-corrected chi connectivity index (χ0v) is 20.9. The second-order valence-corrected chi connectivity index (χ2v) is 9.50. The first-order valence-corrected chi connectivity index (χ1v) is 12.6. The van der Waals surface area contributed by atoms with Crippen LogP contribution in [-0.4, -0.2) is 54.5 Å². The maximum atomic E-state index is 14.1. The SMILES string of the molecule is COCCCCC(F)(F)C(=O)C=C[C@H]1[C@H](O)CC(=O)[C@@H]1CCCCCCCCC(=O)OC(C)C. The Morgan fingerprint density at radius 3 is 2.38 bits per heavy atom. The number of aliphatic hydroxyl groups is 1. The van der Waals surface area contributed by atoms with E-state index >= 15 is 0 Å². The lowest BCUT2D eigenvalue weighted by Crippen LogP contribution is -2.27. The summed E-state index contributed by atoms with van der Waals surface area (Å²) in [5.74, 6) is -6.04. The molecule has 0 radical (unpaired) electrons. The zero-order valence-electron chi connectivity index (χ0n) is 20.9. The van der Waals surface area contributed by atoms with Gasteiger partial charge in [0.05, 0.1) is 12.2 Å². The van der Waals surface area contributed by atoms with Crippen molar-refractivity contribution in [3.8, 4) is 0 Å². The van der Waals surface area contributed by atoms with Crippen molar-refractivity contribution in [1.29, 1.82) is 0 Å². The lowest BCUT2D eigenvalue weighted by atomic mass is 9.88.